The lowest BCUT2D eigenvalue weighted by molar-refractivity contribution is 0.0934. The monoisotopic (exact) mass is 344 g/mol. The minimum atomic E-state index is -0.209. The molecule has 6 heteroatoms. The van der Waals surface area contributed by atoms with E-state index in [1.807, 2.05) is 19.1 Å². The van der Waals surface area contributed by atoms with Gasteiger partial charge in [-0.15, -0.1) is 11.3 Å². The van der Waals surface area contributed by atoms with Gasteiger partial charge in [0.1, 0.15) is 5.69 Å². The van der Waals surface area contributed by atoms with E-state index in [1.165, 1.54) is 11.3 Å². The number of halogens is 2. The highest BCUT2D eigenvalue weighted by molar-refractivity contribution is 9.10. The molecule has 18 heavy (non-hydrogen) atoms. The van der Waals surface area contributed by atoms with Crippen LogP contribution in [0, 0.1) is 0 Å². The Morgan fingerprint density at radius 1 is 1.50 bits per heavy atom. The van der Waals surface area contributed by atoms with Crippen LogP contribution in [0.2, 0.25) is 4.34 Å². The first-order valence-corrected chi connectivity index (χ1v) is 7.23. The van der Waals surface area contributed by atoms with Crippen molar-refractivity contribution in [1.29, 1.82) is 0 Å². The van der Waals surface area contributed by atoms with Crippen LogP contribution in [-0.2, 0) is 0 Å². The SMILES string of the molecule is CC(NC(=O)c1ncccc1Br)c1ccc(Cl)s1. The summed E-state index contributed by atoms with van der Waals surface area (Å²) in [5, 5.41) is 2.89. The lowest BCUT2D eigenvalue weighted by Crippen LogP contribution is -2.27. The molecule has 0 radical (unpaired) electrons. The Bertz CT molecular complexity index is 573. The molecule has 0 spiro atoms. The molecule has 0 saturated heterocycles. The molecule has 0 aromatic carbocycles. The van der Waals surface area contributed by atoms with Gasteiger partial charge in [-0.2, -0.15) is 0 Å². The third kappa shape index (κ3) is 3.10. The first kappa shape index (κ1) is 13.5. The van der Waals surface area contributed by atoms with Gasteiger partial charge in [0.15, 0.2) is 0 Å². The Balaban J connectivity index is 2.10. The molecule has 2 aromatic heterocycles. The number of rotatable bonds is 3. The van der Waals surface area contributed by atoms with E-state index in [0.717, 1.165) is 4.88 Å². The standard InChI is InChI=1S/C12H10BrClN2OS/c1-7(9-4-5-10(14)18-9)16-12(17)11-8(13)3-2-6-15-11/h2-7H,1H3,(H,16,17). The third-order valence-electron chi connectivity index (χ3n) is 2.34. The smallest absolute Gasteiger partial charge is 0.271 e. The number of nitrogens with one attached hydrogen (secondary N) is 1. The van der Waals surface area contributed by atoms with E-state index in [9.17, 15) is 4.79 Å². The number of carbonyl (C=O) groups is 1. The molecule has 0 fully saturated rings. The highest BCUT2D eigenvalue weighted by Gasteiger charge is 2.15. The molecule has 0 aliphatic heterocycles. The van der Waals surface area contributed by atoms with Gasteiger partial charge in [0.2, 0.25) is 0 Å². The van der Waals surface area contributed by atoms with E-state index in [2.05, 4.69) is 26.2 Å². The highest BCUT2D eigenvalue weighted by atomic mass is 79.9. The maximum atomic E-state index is 12.0. The number of thiophene rings is 1. The van der Waals surface area contributed by atoms with Crippen LogP contribution >= 0.6 is 38.9 Å². The molecular formula is C12H10BrClN2OS. The molecule has 2 rings (SSSR count). The van der Waals surface area contributed by atoms with E-state index in [1.54, 1.807) is 18.3 Å². The Labute approximate surface area is 122 Å². The van der Waals surface area contributed by atoms with Gasteiger partial charge >= 0.3 is 0 Å². The first-order valence-electron chi connectivity index (χ1n) is 5.24. The predicted octanol–water partition coefficient (Wildman–Crippen LogP) is 4.05. The molecule has 94 valence electrons. The van der Waals surface area contributed by atoms with Crippen LogP contribution in [0.5, 0.6) is 0 Å². The molecule has 1 amide bonds. The maximum Gasteiger partial charge on any atom is 0.271 e. The Morgan fingerprint density at radius 3 is 2.89 bits per heavy atom. The molecule has 2 aromatic rings. The molecule has 0 saturated carbocycles. The number of hydrogen-bond donors (Lipinski definition) is 1. The summed E-state index contributed by atoms with van der Waals surface area (Å²) in [5.41, 5.74) is 0.381. The number of amides is 1. The van der Waals surface area contributed by atoms with Gasteiger partial charge in [0.05, 0.1) is 10.4 Å². The quantitative estimate of drug-likeness (QED) is 0.912. The number of nitrogens with zero attached hydrogens (tertiary/aromatic N) is 1. The van der Waals surface area contributed by atoms with Gasteiger partial charge in [0.25, 0.3) is 5.91 Å². The molecule has 1 atom stereocenters. The number of aromatic nitrogens is 1. The van der Waals surface area contributed by atoms with Crippen LogP contribution < -0.4 is 5.32 Å². The molecule has 1 N–H and O–H groups in total. The molecule has 0 aliphatic rings. The largest absolute Gasteiger partial charge is 0.343 e. The van der Waals surface area contributed by atoms with Gasteiger partial charge in [0, 0.05) is 15.5 Å². The van der Waals surface area contributed by atoms with Crippen molar-refractivity contribution in [1.82, 2.24) is 10.3 Å². The summed E-state index contributed by atoms with van der Waals surface area (Å²) in [4.78, 5) is 17.1. The zero-order chi connectivity index (χ0) is 13.1. The van der Waals surface area contributed by atoms with Crippen LogP contribution in [0.3, 0.4) is 0 Å². The van der Waals surface area contributed by atoms with Crippen LogP contribution in [0.25, 0.3) is 0 Å². The van der Waals surface area contributed by atoms with Crippen molar-refractivity contribution in [2.24, 2.45) is 0 Å². The average molecular weight is 346 g/mol. The zero-order valence-corrected chi connectivity index (χ0v) is 12.6. The van der Waals surface area contributed by atoms with Crippen molar-refractivity contribution in [2.75, 3.05) is 0 Å². The fourth-order valence-electron chi connectivity index (χ4n) is 1.45. The van der Waals surface area contributed by atoms with E-state index < -0.39 is 0 Å². The lowest BCUT2D eigenvalue weighted by Gasteiger charge is -2.12. The second-order valence-corrected chi connectivity index (χ2v) is 6.27. The molecule has 1 unspecified atom stereocenters. The number of pyridine rings is 1. The van der Waals surface area contributed by atoms with Crippen molar-refractivity contribution in [3.63, 3.8) is 0 Å². The van der Waals surface area contributed by atoms with E-state index >= 15 is 0 Å². The summed E-state index contributed by atoms with van der Waals surface area (Å²) < 4.78 is 1.39. The van der Waals surface area contributed by atoms with Gasteiger partial charge < -0.3 is 5.32 Å². The van der Waals surface area contributed by atoms with E-state index in [-0.39, 0.29) is 11.9 Å². The second kappa shape index (κ2) is 5.82. The first-order chi connectivity index (χ1) is 8.58. The molecule has 2 heterocycles. The molecule has 3 nitrogen and oxygen atoms in total. The zero-order valence-electron chi connectivity index (χ0n) is 9.48. The predicted molar refractivity (Wildman–Crippen MR) is 77.1 cm³/mol. The van der Waals surface area contributed by atoms with Crippen molar-refractivity contribution < 1.29 is 4.79 Å². The van der Waals surface area contributed by atoms with Crippen LogP contribution in [0.1, 0.15) is 28.3 Å². The second-order valence-electron chi connectivity index (χ2n) is 3.67. The summed E-state index contributed by atoms with van der Waals surface area (Å²) in [6, 6.07) is 7.19. The normalized spacial score (nSPS) is 12.2. The Kier molecular flexibility index (Phi) is 4.37. The fourth-order valence-corrected chi connectivity index (χ4v) is 2.95. The number of hydrogen-bond acceptors (Lipinski definition) is 3. The lowest BCUT2D eigenvalue weighted by atomic mass is 10.2. The Hall–Kier alpha value is -0.910. The van der Waals surface area contributed by atoms with Crippen molar-refractivity contribution in [3.05, 3.63) is 49.8 Å². The van der Waals surface area contributed by atoms with Crippen molar-refractivity contribution in [3.8, 4) is 0 Å². The summed E-state index contributed by atoms with van der Waals surface area (Å²) >= 11 is 10.6. The van der Waals surface area contributed by atoms with Gasteiger partial charge in [-0.25, -0.2) is 4.98 Å². The van der Waals surface area contributed by atoms with Crippen LogP contribution in [-0.4, -0.2) is 10.9 Å². The van der Waals surface area contributed by atoms with Crippen molar-refractivity contribution >= 4 is 44.8 Å². The summed E-state index contributed by atoms with van der Waals surface area (Å²) in [7, 11) is 0. The topological polar surface area (TPSA) is 42.0 Å². The third-order valence-corrected chi connectivity index (χ3v) is 4.40. The highest BCUT2D eigenvalue weighted by Crippen LogP contribution is 2.27. The average Bonchev–Trinajstić information content (AvgIpc) is 2.76. The molecular weight excluding hydrogens is 336 g/mol. The van der Waals surface area contributed by atoms with Crippen molar-refractivity contribution in [2.45, 2.75) is 13.0 Å². The van der Waals surface area contributed by atoms with E-state index in [4.69, 9.17) is 11.6 Å². The minimum absolute atomic E-state index is 0.0936. The Morgan fingerprint density at radius 2 is 2.28 bits per heavy atom. The van der Waals surface area contributed by atoms with Gasteiger partial charge in [-0.1, -0.05) is 11.6 Å². The summed E-state index contributed by atoms with van der Waals surface area (Å²) in [6.45, 7) is 1.91. The van der Waals surface area contributed by atoms with Gasteiger partial charge in [-0.3, -0.25) is 4.79 Å². The van der Waals surface area contributed by atoms with Crippen LogP contribution in [0.4, 0.5) is 0 Å². The number of carbonyl (C=O) groups excluding carboxylic acids is 1. The summed E-state index contributed by atoms with van der Waals surface area (Å²) in [6.07, 6.45) is 1.59. The van der Waals surface area contributed by atoms with E-state index in [0.29, 0.717) is 14.5 Å². The fraction of sp³-hybridized carbons (Fsp3) is 0.167. The maximum absolute atomic E-state index is 12.0. The minimum Gasteiger partial charge on any atom is -0.343 e. The van der Waals surface area contributed by atoms with Crippen LogP contribution in [0.15, 0.2) is 34.9 Å². The van der Waals surface area contributed by atoms with Gasteiger partial charge in [-0.05, 0) is 47.1 Å². The summed E-state index contributed by atoms with van der Waals surface area (Å²) in [5.74, 6) is -0.209. The molecule has 0 bridgehead atoms. The molecule has 0 aliphatic carbocycles.